The zero-order valence-corrected chi connectivity index (χ0v) is 23.0. The number of hydrogen-bond acceptors (Lipinski definition) is 1. The predicted molar refractivity (Wildman–Crippen MR) is 113 cm³/mol. The van der Waals surface area contributed by atoms with Crippen molar-refractivity contribution in [1.29, 1.82) is 0 Å². The molecule has 1 radical (unpaired) electrons. The second kappa shape index (κ2) is 10.7. The van der Waals surface area contributed by atoms with Crippen LogP contribution >= 0.6 is 0 Å². The van der Waals surface area contributed by atoms with Gasteiger partial charge in [0.1, 0.15) is 0 Å². The minimum Gasteiger partial charge on any atom is -1.00 e. The molecule has 0 bridgehead atoms. The van der Waals surface area contributed by atoms with Gasteiger partial charge in [0.25, 0.3) is 0 Å². The third kappa shape index (κ3) is 6.36. The molecule has 0 aromatic heterocycles. The molecule has 0 spiro atoms. The third-order valence-electron chi connectivity index (χ3n) is 5.83. The van der Waals surface area contributed by atoms with E-state index in [0.29, 0.717) is 0 Å². The van der Waals surface area contributed by atoms with E-state index in [1.165, 1.54) is 16.7 Å². The molecule has 1 unspecified atom stereocenters. The van der Waals surface area contributed by atoms with Crippen LogP contribution in [0.5, 0.6) is 0 Å². The molecule has 2 aliphatic rings. The molecule has 1 nitrogen and oxygen atoms in total. The average Bonchev–Trinajstić information content (AvgIpc) is 2.99. The molecule has 29 heavy (non-hydrogen) atoms. The second-order valence-electron chi connectivity index (χ2n) is 10.7. The topological polar surface area (TPSA) is 9.23 Å². The summed E-state index contributed by atoms with van der Waals surface area (Å²) in [6, 6.07) is 0. The first-order chi connectivity index (χ1) is 11.7. The Morgan fingerprint density at radius 2 is 1.52 bits per heavy atom. The van der Waals surface area contributed by atoms with E-state index in [4.69, 9.17) is 4.74 Å². The maximum Gasteiger partial charge on any atom is 3.00 e. The van der Waals surface area contributed by atoms with Crippen molar-refractivity contribution in [3.63, 3.8) is 0 Å². The number of rotatable bonds is 4. The fourth-order valence-corrected chi connectivity index (χ4v) is 4.34. The fourth-order valence-electron chi connectivity index (χ4n) is 4.34. The zero-order valence-electron chi connectivity index (χ0n) is 20.0. The molecule has 0 saturated heterocycles. The van der Waals surface area contributed by atoms with Gasteiger partial charge in [0.15, 0.2) is 0 Å². The Bertz CT molecular complexity index is 670. The summed E-state index contributed by atoms with van der Waals surface area (Å²) in [4.78, 5) is 0. The van der Waals surface area contributed by atoms with E-state index in [1.54, 1.807) is 0 Å². The maximum absolute atomic E-state index is 6.85. The van der Waals surface area contributed by atoms with E-state index in [9.17, 15) is 0 Å². The van der Waals surface area contributed by atoms with Gasteiger partial charge < -0.3 is 29.6 Å². The van der Waals surface area contributed by atoms with Crippen LogP contribution in [0.3, 0.4) is 0 Å². The van der Waals surface area contributed by atoms with Gasteiger partial charge in [-0.3, -0.25) is 6.08 Å². The summed E-state index contributed by atoms with van der Waals surface area (Å²) in [6.45, 7) is 22.8. The van der Waals surface area contributed by atoms with Crippen LogP contribution in [-0.4, -0.2) is 11.7 Å². The van der Waals surface area contributed by atoms with Crippen molar-refractivity contribution in [2.45, 2.75) is 93.8 Å². The number of ether oxygens (including phenoxy) is 1. The number of halogens is 2. The number of allylic oxidation sites excluding steroid dienone is 5. The molecule has 1 atom stereocenters. The standard InChI is InChI=1S/C25H39O.2ClH.Ti/c1-18(2)26-25(24(9,10)19-13-11-12-14-19)16-15-20(22(3,4)5)17-21(25)23(6,7)8;;;/h11,13,15,17-18H,12,16H2,1-10H3;2*1H;/q-1;;;+3/p-2. The van der Waals surface area contributed by atoms with Crippen LogP contribution in [0.25, 0.3) is 0 Å². The molecule has 0 fully saturated rings. The SMILES string of the molecule is CC(C)OC1(C(C)(C)C2=[C-]CC=C2)CC=C(C(C)(C)C)C=C1C(C)(C)C.[Cl-].[Cl-].[Ti+3]. The van der Waals surface area contributed by atoms with Crippen molar-refractivity contribution in [2.24, 2.45) is 16.2 Å². The second-order valence-corrected chi connectivity index (χ2v) is 10.7. The third-order valence-corrected chi connectivity index (χ3v) is 5.83. The molecule has 0 heterocycles. The summed E-state index contributed by atoms with van der Waals surface area (Å²) in [7, 11) is 0. The van der Waals surface area contributed by atoms with Crippen LogP contribution in [0, 0.1) is 22.3 Å². The zero-order chi connectivity index (χ0) is 20.0. The Labute approximate surface area is 207 Å². The molecular weight excluding hydrogens is 435 g/mol. The van der Waals surface area contributed by atoms with Gasteiger partial charge in [-0.05, 0) is 47.7 Å². The minimum atomic E-state index is -0.356. The maximum atomic E-state index is 6.85. The monoisotopic (exact) mass is 473 g/mol. The number of hydrogen-bond donors (Lipinski definition) is 0. The van der Waals surface area contributed by atoms with E-state index >= 15 is 0 Å². The van der Waals surface area contributed by atoms with Gasteiger partial charge in [0.05, 0.1) is 11.7 Å². The van der Waals surface area contributed by atoms with E-state index in [0.717, 1.165) is 12.8 Å². The molecule has 0 N–H and O–H groups in total. The Morgan fingerprint density at radius 1 is 0.966 bits per heavy atom. The summed E-state index contributed by atoms with van der Waals surface area (Å²) < 4.78 is 6.85. The molecule has 0 aromatic rings. The van der Waals surface area contributed by atoms with E-state index in [2.05, 4.69) is 99.6 Å². The van der Waals surface area contributed by atoms with Gasteiger partial charge >= 0.3 is 21.7 Å². The van der Waals surface area contributed by atoms with E-state index in [1.807, 2.05) is 0 Å². The molecule has 0 amide bonds. The summed E-state index contributed by atoms with van der Waals surface area (Å²) in [5.74, 6) is 0. The van der Waals surface area contributed by atoms with Crippen LogP contribution < -0.4 is 24.8 Å². The van der Waals surface area contributed by atoms with Gasteiger partial charge in [-0.2, -0.15) is 6.08 Å². The van der Waals surface area contributed by atoms with Crippen molar-refractivity contribution in [3.05, 3.63) is 47.1 Å². The first-order valence-electron chi connectivity index (χ1n) is 10.1. The van der Waals surface area contributed by atoms with Gasteiger partial charge in [0.2, 0.25) is 0 Å². The summed E-state index contributed by atoms with van der Waals surface area (Å²) >= 11 is 0. The first kappa shape index (κ1) is 31.4. The molecular formula is C25H39Cl2OTi. The summed E-state index contributed by atoms with van der Waals surface area (Å²) in [6.07, 6.45) is 14.9. The normalized spacial score (nSPS) is 22.1. The predicted octanol–water partition coefficient (Wildman–Crippen LogP) is 1.22. The van der Waals surface area contributed by atoms with Crippen molar-refractivity contribution < 1.29 is 51.3 Å². The van der Waals surface area contributed by atoms with E-state index < -0.39 is 0 Å². The van der Waals surface area contributed by atoms with Crippen LogP contribution in [0.1, 0.15) is 82.1 Å². The van der Waals surface area contributed by atoms with Gasteiger partial charge in [-0.25, -0.2) is 11.6 Å². The van der Waals surface area contributed by atoms with Crippen LogP contribution in [0.2, 0.25) is 0 Å². The average molecular weight is 474 g/mol. The quantitative estimate of drug-likeness (QED) is 0.440. The summed E-state index contributed by atoms with van der Waals surface area (Å²) in [5.41, 5.74) is 3.77. The molecule has 2 rings (SSSR count). The molecule has 0 aromatic carbocycles. The summed E-state index contributed by atoms with van der Waals surface area (Å²) in [5, 5.41) is 0. The van der Waals surface area contributed by atoms with E-state index in [-0.39, 0.29) is 74.5 Å². The Kier molecular flexibility index (Phi) is 11.6. The van der Waals surface area contributed by atoms with Crippen molar-refractivity contribution in [1.82, 2.24) is 0 Å². The van der Waals surface area contributed by atoms with Crippen molar-refractivity contribution in [2.75, 3.05) is 0 Å². The molecule has 2 aliphatic carbocycles. The Morgan fingerprint density at radius 3 is 1.90 bits per heavy atom. The van der Waals surface area contributed by atoms with Crippen LogP contribution in [0.15, 0.2) is 41.0 Å². The minimum absolute atomic E-state index is 0. The van der Waals surface area contributed by atoms with Gasteiger partial charge in [0, 0.05) is 0 Å². The largest absolute Gasteiger partial charge is 3.00 e. The molecule has 0 aliphatic heterocycles. The van der Waals surface area contributed by atoms with Crippen LogP contribution in [-0.2, 0) is 26.5 Å². The Balaban J connectivity index is 0. The van der Waals surface area contributed by atoms with Crippen molar-refractivity contribution in [3.8, 4) is 0 Å². The molecule has 163 valence electrons. The first-order valence-corrected chi connectivity index (χ1v) is 10.1. The fraction of sp³-hybridized carbons (Fsp3) is 0.680. The molecule has 4 heteroatoms. The van der Waals surface area contributed by atoms with Crippen LogP contribution in [0.4, 0.5) is 0 Å². The van der Waals surface area contributed by atoms with Crippen molar-refractivity contribution >= 4 is 0 Å². The molecule has 0 saturated carbocycles. The van der Waals surface area contributed by atoms with Gasteiger partial charge in [-0.15, -0.1) is 6.42 Å². The van der Waals surface area contributed by atoms with Gasteiger partial charge in [-0.1, -0.05) is 67.5 Å². The smallest absolute Gasteiger partial charge is 1.00 e. The Hall–Kier alpha value is 0.214.